The van der Waals surface area contributed by atoms with Crippen LogP contribution < -0.4 is 4.90 Å². The van der Waals surface area contributed by atoms with Gasteiger partial charge < -0.3 is 9.64 Å². The normalized spacial score (nSPS) is 14.2. The number of pyridine rings is 1. The highest BCUT2D eigenvalue weighted by atomic mass is 16.5. The second kappa shape index (κ2) is 7.03. The average molecular weight is 328 g/mol. The molecule has 0 aromatic carbocycles. The van der Waals surface area contributed by atoms with Crippen molar-refractivity contribution in [2.75, 3.05) is 24.6 Å². The topological polar surface area (TPSA) is 60.3 Å². The number of anilines is 1. The van der Waals surface area contributed by atoms with Crippen molar-refractivity contribution in [1.82, 2.24) is 14.8 Å². The maximum atomic E-state index is 12.1. The first-order valence-electron chi connectivity index (χ1n) is 8.43. The van der Waals surface area contributed by atoms with E-state index in [1.165, 1.54) is 12.8 Å². The summed E-state index contributed by atoms with van der Waals surface area (Å²) in [6.07, 6.45) is 4.70. The molecule has 6 nitrogen and oxygen atoms in total. The first-order chi connectivity index (χ1) is 11.6. The van der Waals surface area contributed by atoms with Gasteiger partial charge in [-0.2, -0.15) is 5.10 Å². The third kappa shape index (κ3) is 3.42. The Kier molecular flexibility index (Phi) is 4.83. The lowest BCUT2D eigenvalue weighted by atomic mass is 10.1. The van der Waals surface area contributed by atoms with Gasteiger partial charge in [0.1, 0.15) is 5.82 Å². The van der Waals surface area contributed by atoms with Crippen molar-refractivity contribution in [2.45, 2.75) is 33.1 Å². The zero-order valence-corrected chi connectivity index (χ0v) is 14.6. The summed E-state index contributed by atoms with van der Waals surface area (Å²) in [4.78, 5) is 18.8. The van der Waals surface area contributed by atoms with Crippen LogP contribution in [-0.4, -0.2) is 40.4 Å². The molecule has 0 aliphatic carbocycles. The molecule has 0 unspecified atom stereocenters. The van der Waals surface area contributed by atoms with E-state index in [0.29, 0.717) is 18.6 Å². The van der Waals surface area contributed by atoms with Crippen LogP contribution in [-0.2, 0) is 18.2 Å². The maximum absolute atomic E-state index is 12.1. The predicted octanol–water partition coefficient (Wildman–Crippen LogP) is 2.43. The molecule has 0 atom stereocenters. The monoisotopic (exact) mass is 328 g/mol. The minimum atomic E-state index is -0.324. The number of hydrogen-bond acceptors (Lipinski definition) is 5. The third-order valence-electron chi connectivity index (χ3n) is 4.66. The number of nitrogens with zero attached hydrogens (tertiary/aromatic N) is 4. The van der Waals surface area contributed by atoms with Gasteiger partial charge in [-0.3, -0.25) is 4.68 Å². The van der Waals surface area contributed by atoms with E-state index in [4.69, 9.17) is 4.74 Å². The number of hydrogen-bond donors (Lipinski definition) is 0. The number of carbonyl (C=O) groups excluding carboxylic acids is 1. The van der Waals surface area contributed by atoms with E-state index < -0.39 is 0 Å². The Morgan fingerprint density at radius 2 is 2.00 bits per heavy atom. The van der Waals surface area contributed by atoms with Gasteiger partial charge in [0.25, 0.3) is 0 Å². The molecule has 24 heavy (non-hydrogen) atoms. The zero-order chi connectivity index (χ0) is 17.1. The van der Waals surface area contributed by atoms with Crippen LogP contribution >= 0.6 is 0 Å². The SMILES string of the molecule is Cc1nn(C)c(C)c1CCOC(=O)c1ccc(N2CCCC2)nc1. The zero-order valence-electron chi connectivity index (χ0n) is 14.6. The van der Waals surface area contributed by atoms with E-state index in [0.717, 1.165) is 35.9 Å². The Hall–Kier alpha value is -2.37. The van der Waals surface area contributed by atoms with Crippen LogP contribution in [0.15, 0.2) is 18.3 Å². The van der Waals surface area contributed by atoms with Crippen LogP contribution in [0.3, 0.4) is 0 Å². The molecule has 0 N–H and O–H groups in total. The van der Waals surface area contributed by atoms with Gasteiger partial charge in [0.15, 0.2) is 0 Å². The fourth-order valence-electron chi connectivity index (χ4n) is 3.15. The van der Waals surface area contributed by atoms with Crippen molar-refractivity contribution in [3.05, 3.63) is 40.8 Å². The van der Waals surface area contributed by atoms with Gasteiger partial charge in [-0.25, -0.2) is 9.78 Å². The van der Waals surface area contributed by atoms with Crippen LogP contribution in [0.1, 0.15) is 40.2 Å². The lowest BCUT2D eigenvalue weighted by Crippen LogP contribution is -2.19. The molecule has 2 aromatic heterocycles. The van der Waals surface area contributed by atoms with E-state index in [2.05, 4.69) is 15.0 Å². The van der Waals surface area contributed by atoms with E-state index in [1.807, 2.05) is 31.6 Å². The average Bonchev–Trinajstić information content (AvgIpc) is 3.19. The third-order valence-corrected chi connectivity index (χ3v) is 4.66. The van der Waals surface area contributed by atoms with E-state index in [1.54, 1.807) is 12.3 Å². The van der Waals surface area contributed by atoms with Crippen molar-refractivity contribution in [1.29, 1.82) is 0 Å². The number of ether oxygens (including phenoxy) is 1. The summed E-state index contributed by atoms with van der Waals surface area (Å²) in [7, 11) is 1.92. The molecule has 3 heterocycles. The van der Waals surface area contributed by atoms with E-state index in [-0.39, 0.29) is 5.97 Å². The van der Waals surface area contributed by atoms with Crippen molar-refractivity contribution in [3.63, 3.8) is 0 Å². The van der Waals surface area contributed by atoms with Gasteiger partial charge in [-0.15, -0.1) is 0 Å². The molecule has 6 heteroatoms. The highest BCUT2D eigenvalue weighted by molar-refractivity contribution is 5.89. The molecule has 2 aromatic rings. The summed E-state index contributed by atoms with van der Waals surface area (Å²) >= 11 is 0. The van der Waals surface area contributed by atoms with Gasteiger partial charge in [-0.1, -0.05) is 0 Å². The summed E-state index contributed by atoms with van der Waals surface area (Å²) in [6.45, 7) is 6.44. The molecule has 0 spiro atoms. The summed E-state index contributed by atoms with van der Waals surface area (Å²) in [6, 6.07) is 3.70. The van der Waals surface area contributed by atoms with Gasteiger partial charge >= 0.3 is 5.97 Å². The van der Waals surface area contributed by atoms with E-state index >= 15 is 0 Å². The maximum Gasteiger partial charge on any atom is 0.339 e. The van der Waals surface area contributed by atoms with Gasteiger partial charge in [0, 0.05) is 38.4 Å². The lowest BCUT2D eigenvalue weighted by molar-refractivity contribution is 0.0508. The molecule has 1 aliphatic heterocycles. The molecule has 0 radical (unpaired) electrons. The first-order valence-corrected chi connectivity index (χ1v) is 8.43. The lowest BCUT2D eigenvalue weighted by Gasteiger charge is -2.16. The number of carbonyl (C=O) groups is 1. The Morgan fingerprint density at radius 3 is 2.58 bits per heavy atom. The highest BCUT2D eigenvalue weighted by Gasteiger charge is 2.15. The number of aromatic nitrogens is 3. The van der Waals surface area contributed by atoms with Crippen LogP contribution in [0.5, 0.6) is 0 Å². The molecular weight excluding hydrogens is 304 g/mol. The fourth-order valence-corrected chi connectivity index (χ4v) is 3.15. The highest BCUT2D eigenvalue weighted by Crippen LogP contribution is 2.18. The molecule has 128 valence electrons. The van der Waals surface area contributed by atoms with Gasteiger partial charge in [0.2, 0.25) is 0 Å². The quantitative estimate of drug-likeness (QED) is 0.789. The minimum absolute atomic E-state index is 0.324. The smallest absolute Gasteiger partial charge is 0.339 e. The molecule has 3 rings (SSSR count). The summed E-state index contributed by atoms with van der Waals surface area (Å²) in [5.41, 5.74) is 3.74. The van der Waals surface area contributed by atoms with Crippen molar-refractivity contribution >= 4 is 11.8 Å². The number of esters is 1. The first kappa shape index (κ1) is 16.5. The minimum Gasteiger partial charge on any atom is -0.462 e. The van der Waals surface area contributed by atoms with Crippen LogP contribution in [0.2, 0.25) is 0 Å². The molecule has 0 saturated carbocycles. The Labute approximate surface area is 142 Å². The Morgan fingerprint density at radius 1 is 1.25 bits per heavy atom. The van der Waals surface area contributed by atoms with Gasteiger partial charge in [-0.05, 0) is 44.4 Å². The molecule has 0 bridgehead atoms. The molecule has 0 amide bonds. The summed E-state index contributed by atoms with van der Waals surface area (Å²) in [5, 5.41) is 4.38. The number of rotatable bonds is 5. The van der Waals surface area contributed by atoms with Crippen molar-refractivity contribution in [2.24, 2.45) is 7.05 Å². The van der Waals surface area contributed by atoms with Crippen LogP contribution in [0.4, 0.5) is 5.82 Å². The molecular formula is C18H24N4O2. The Bertz CT molecular complexity index is 715. The van der Waals surface area contributed by atoms with E-state index in [9.17, 15) is 4.79 Å². The van der Waals surface area contributed by atoms with Gasteiger partial charge in [0.05, 0.1) is 17.9 Å². The van der Waals surface area contributed by atoms with Crippen molar-refractivity contribution < 1.29 is 9.53 Å². The second-order valence-corrected chi connectivity index (χ2v) is 6.26. The fraction of sp³-hybridized carbons (Fsp3) is 0.500. The molecule has 1 fully saturated rings. The Balaban J connectivity index is 1.55. The van der Waals surface area contributed by atoms with Crippen LogP contribution in [0, 0.1) is 13.8 Å². The summed E-state index contributed by atoms with van der Waals surface area (Å²) in [5.74, 6) is 0.611. The summed E-state index contributed by atoms with van der Waals surface area (Å²) < 4.78 is 7.24. The van der Waals surface area contributed by atoms with Crippen LogP contribution in [0.25, 0.3) is 0 Å². The molecule has 1 aliphatic rings. The van der Waals surface area contributed by atoms with Crippen molar-refractivity contribution in [3.8, 4) is 0 Å². The predicted molar refractivity (Wildman–Crippen MR) is 92.4 cm³/mol. The number of aryl methyl sites for hydroxylation is 2. The molecule has 1 saturated heterocycles. The largest absolute Gasteiger partial charge is 0.462 e. The second-order valence-electron chi connectivity index (χ2n) is 6.26. The standard InChI is InChI=1S/C18H24N4O2/c1-13-16(14(2)21(3)20-13)8-11-24-18(23)15-6-7-17(19-12-15)22-9-4-5-10-22/h6-7,12H,4-5,8-11H2,1-3H3.